The van der Waals surface area contributed by atoms with Gasteiger partial charge in [0.15, 0.2) is 0 Å². The van der Waals surface area contributed by atoms with Gasteiger partial charge in [-0.3, -0.25) is 0 Å². The number of nitriles is 1. The number of hydrogen-bond acceptors (Lipinski definition) is 6. The third-order valence-electron chi connectivity index (χ3n) is 1.45. The molecule has 0 fully saturated rings. The van der Waals surface area contributed by atoms with Crippen LogP contribution in [0.5, 0.6) is 0 Å². The predicted octanol–water partition coefficient (Wildman–Crippen LogP) is -3.09. The van der Waals surface area contributed by atoms with Crippen molar-refractivity contribution in [2.24, 2.45) is 5.73 Å². The fourth-order valence-electron chi connectivity index (χ4n) is 0.624. The molecule has 6 heteroatoms. The number of hydrogen-bond donors (Lipinski definition) is 5. The lowest BCUT2D eigenvalue weighted by molar-refractivity contribution is -0.0784. The third-order valence-corrected chi connectivity index (χ3v) is 1.45. The van der Waals surface area contributed by atoms with Gasteiger partial charge in [-0.05, 0) is 0 Å². The van der Waals surface area contributed by atoms with Gasteiger partial charge in [-0.2, -0.15) is 5.26 Å². The first-order chi connectivity index (χ1) is 5.54. The molecule has 0 heterocycles. The fourth-order valence-corrected chi connectivity index (χ4v) is 0.624. The molecule has 70 valence electrons. The largest absolute Gasteiger partial charge is 0.394 e. The van der Waals surface area contributed by atoms with E-state index in [-0.39, 0.29) is 0 Å². The van der Waals surface area contributed by atoms with Gasteiger partial charge >= 0.3 is 0 Å². The van der Waals surface area contributed by atoms with Crippen LogP contribution in [0.2, 0.25) is 0 Å². The number of nitrogens with two attached hydrogens (primary N) is 1. The van der Waals surface area contributed by atoms with Crippen LogP contribution >= 0.6 is 0 Å². The van der Waals surface area contributed by atoms with Gasteiger partial charge in [0.2, 0.25) is 0 Å². The van der Waals surface area contributed by atoms with Crippen LogP contribution in [0.25, 0.3) is 0 Å². The lowest BCUT2D eigenvalue weighted by Gasteiger charge is -2.22. The Morgan fingerprint density at radius 2 is 1.75 bits per heavy atom. The van der Waals surface area contributed by atoms with Crippen molar-refractivity contribution in [1.82, 2.24) is 0 Å². The van der Waals surface area contributed by atoms with Crippen LogP contribution in [0.4, 0.5) is 0 Å². The number of aliphatic hydroxyl groups is 4. The molecule has 0 rings (SSSR count). The quantitative estimate of drug-likeness (QED) is 0.308. The highest BCUT2D eigenvalue weighted by Gasteiger charge is 2.28. The zero-order valence-corrected chi connectivity index (χ0v) is 6.33. The molecule has 0 amide bonds. The van der Waals surface area contributed by atoms with E-state index >= 15 is 0 Å². The molecule has 0 spiro atoms. The summed E-state index contributed by atoms with van der Waals surface area (Å²) in [6.45, 7) is -0.698. The summed E-state index contributed by atoms with van der Waals surface area (Å²) in [6.07, 6.45) is -4.65. The van der Waals surface area contributed by atoms with Crippen molar-refractivity contribution in [1.29, 1.82) is 5.26 Å². The average Bonchev–Trinajstić information content (AvgIpc) is 2.12. The molecule has 0 radical (unpaired) electrons. The van der Waals surface area contributed by atoms with E-state index < -0.39 is 31.0 Å². The van der Waals surface area contributed by atoms with Crippen LogP contribution in [0.3, 0.4) is 0 Å². The van der Waals surface area contributed by atoms with Gasteiger partial charge in [0.05, 0.1) is 12.7 Å². The van der Waals surface area contributed by atoms with Crippen molar-refractivity contribution < 1.29 is 20.4 Å². The zero-order chi connectivity index (χ0) is 9.72. The van der Waals surface area contributed by atoms with Gasteiger partial charge in [-0.1, -0.05) is 0 Å². The molecule has 0 aromatic rings. The Bertz CT molecular complexity index is 169. The lowest BCUT2D eigenvalue weighted by Crippen LogP contribution is -2.48. The summed E-state index contributed by atoms with van der Waals surface area (Å²) < 4.78 is 0. The van der Waals surface area contributed by atoms with E-state index in [1.165, 1.54) is 6.07 Å². The van der Waals surface area contributed by atoms with E-state index in [0.717, 1.165) is 0 Å². The molecule has 6 nitrogen and oxygen atoms in total. The Balaban J connectivity index is 4.10. The Morgan fingerprint density at radius 3 is 2.08 bits per heavy atom. The highest BCUT2D eigenvalue weighted by molar-refractivity contribution is 4.96. The SMILES string of the molecule is N#C[C@@H](N)[C@H](O)[C@@H](O)[C@@H](O)CO. The average molecular weight is 176 g/mol. The molecule has 0 aromatic carbocycles. The molecule has 0 saturated heterocycles. The Kier molecular flexibility index (Phi) is 4.73. The normalized spacial score (nSPS) is 20.7. The summed E-state index contributed by atoms with van der Waals surface area (Å²) in [6, 6.07) is 0.223. The van der Waals surface area contributed by atoms with Crippen molar-refractivity contribution in [2.45, 2.75) is 24.4 Å². The minimum absolute atomic E-state index is 0.698. The summed E-state index contributed by atoms with van der Waals surface area (Å²) >= 11 is 0. The van der Waals surface area contributed by atoms with E-state index in [1.54, 1.807) is 0 Å². The Hall–Kier alpha value is -0.710. The highest BCUT2D eigenvalue weighted by atomic mass is 16.4. The maximum Gasteiger partial charge on any atom is 0.122 e. The number of aliphatic hydroxyl groups excluding tert-OH is 4. The van der Waals surface area contributed by atoms with E-state index in [2.05, 4.69) is 0 Å². The Labute approximate surface area is 69.5 Å². The van der Waals surface area contributed by atoms with E-state index in [4.69, 9.17) is 31.4 Å². The van der Waals surface area contributed by atoms with Crippen LogP contribution in [0.15, 0.2) is 0 Å². The second kappa shape index (κ2) is 5.03. The monoisotopic (exact) mass is 176 g/mol. The molecule has 0 aliphatic rings. The van der Waals surface area contributed by atoms with Crippen LogP contribution in [0, 0.1) is 11.3 Å². The van der Waals surface area contributed by atoms with Gasteiger partial charge in [-0.25, -0.2) is 0 Å². The third kappa shape index (κ3) is 2.73. The lowest BCUT2D eigenvalue weighted by atomic mass is 10.0. The standard InChI is InChI=1S/C6H12N2O4/c7-1-3(8)5(11)6(12)4(10)2-9/h3-6,9-12H,2,8H2/t3-,4+,5+,6+/m1/s1. The number of nitrogens with zero attached hydrogens (tertiary/aromatic N) is 1. The van der Waals surface area contributed by atoms with Gasteiger partial charge in [-0.15, -0.1) is 0 Å². The second-order valence-corrected chi connectivity index (χ2v) is 2.39. The molecule has 0 aliphatic carbocycles. The molecular formula is C6H12N2O4. The van der Waals surface area contributed by atoms with Gasteiger partial charge in [0, 0.05) is 0 Å². The molecule has 6 N–H and O–H groups in total. The molecule has 0 unspecified atom stereocenters. The van der Waals surface area contributed by atoms with E-state index in [9.17, 15) is 0 Å². The van der Waals surface area contributed by atoms with Crippen molar-refractivity contribution >= 4 is 0 Å². The zero-order valence-electron chi connectivity index (χ0n) is 6.33. The van der Waals surface area contributed by atoms with Crippen molar-refractivity contribution in [3.63, 3.8) is 0 Å². The van der Waals surface area contributed by atoms with Crippen LogP contribution in [-0.2, 0) is 0 Å². The molecule has 0 aliphatic heterocycles. The first-order valence-electron chi connectivity index (χ1n) is 3.34. The van der Waals surface area contributed by atoms with Crippen LogP contribution in [-0.4, -0.2) is 51.4 Å². The summed E-state index contributed by atoms with van der Waals surface area (Å²) in [5.74, 6) is 0. The Morgan fingerprint density at radius 1 is 1.25 bits per heavy atom. The topological polar surface area (TPSA) is 131 Å². The molecule has 0 bridgehead atoms. The molecular weight excluding hydrogens is 164 g/mol. The number of rotatable bonds is 4. The smallest absolute Gasteiger partial charge is 0.122 e. The molecule has 4 atom stereocenters. The van der Waals surface area contributed by atoms with Crippen LogP contribution < -0.4 is 5.73 Å². The predicted molar refractivity (Wildman–Crippen MR) is 38.7 cm³/mol. The molecule has 12 heavy (non-hydrogen) atoms. The molecule has 0 saturated carbocycles. The van der Waals surface area contributed by atoms with Crippen molar-refractivity contribution in [2.75, 3.05) is 6.61 Å². The van der Waals surface area contributed by atoms with Crippen molar-refractivity contribution in [3.05, 3.63) is 0 Å². The summed E-state index contributed by atoms with van der Waals surface area (Å²) in [7, 11) is 0. The maximum absolute atomic E-state index is 9.02. The second-order valence-electron chi connectivity index (χ2n) is 2.39. The minimum atomic E-state index is -1.61. The van der Waals surface area contributed by atoms with Gasteiger partial charge in [0.25, 0.3) is 0 Å². The first kappa shape index (κ1) is 11.3. The van der Waals surface area contributed by atoms with Crippen LogP contribution in [0.1, 0.15) is 0 Å². The first-order valence-corrected chi connectivity index (χ1v) is 3.34. The minimum Gasteiger partial charge on any atom is -0.394 e. The van der Waals surface area contributed by atoms with Crippen molar-refractivity contribution in [3.8, 4) is 6.07 Å². The maximum atomic E-state index is 9.02. The van der Waals surface area contributed by atoms with Gasteiger partial charge in [0.1, 0.15) is 24.4 Å². The van der Waals surface area contributed by atoms with E-state index in [1.807, 2.05) is 0 Å². The fraction of sp³-hybridized carbons (Fsp3) is 0.833. The summed E-state index contributed by atoms with van der Waals surface area (Å²) in [4.78, 5) is 0. The van der Waals surface area contributed by atoms with E-state index in [0.29, 0.717) is 0 Å². The van der Waals surface area contributed by atoms with Gasteiger partial charge < -0.3 is 26.2 Å². The molecule has 0 aromatic heterocycles. The summed E-state index contributed by atoms with van der Waals surface area (Å²) in [5.41, 5.74) is 5.05. The summed E-state index contributed by atoms with van der Waals surface area (Å²) in [5, 5.41) is 43.4. The highest BCUT2D eigenvalue weighted by Crippen LogP contribution is 2.02.